The fourth-order valence-electron chi connectivity index (χ4n) is 8.08. The summed E-state index contributed by atoms with van der Waals surface area (Å²) in [7, 11) is -17.1. The predicted molar refractivity (Wildman–Crippen MR) is 300 cm³/mol. The molecule has 4 aromatic carbocycles. The Morgan fingerprint density at radius 3 is 2.03 bits per heavy atom. The number of hydrogen-bond acceptors (Lipinski definition) is 17. The van der Waals surface area contributed by atoms with Crippen LogP contribution in [0.25, 0.3) is 0 Å². The van der Waals surface area contributed by atoms with Crippen molar-refractivity contribution < 1.29 is 57.2 Å². The Hall–Kier alpha value is -5.87. The first-order chi connectivity index (χ1) is 37.1. The van der Waals surface area contributed by atoms with Gasteiger partial charge in [-0.3, -0.25) is 9.27 Å². The number of sulfonamides is 3. The van der Waals surface area contributed by atoms with Crippen LogP contribution >= 0.6 is 11.6 Å². The van der Waals surface area contributed by atoms with E-state index in [9.17, 15) is 38.2 Å². The zero-order valence-electron chi connectivity index (χ0n) is 44.0. The maximum Gasteiger partial charge on any atom is 0.296 e. The second-order valence-corrected chi connectivity index (χ2v) is 25.1. The van der Waals surface area contributed by atoms with Gasteiger partial charge in [-0.15, -0.1) is 15.0 Å². The van der Waals surface area contributed by atoms with Crippen LogP contribution in [-0.2, 0) is 57.8 Å². The van der Waals surface area contributed by atoms with Gasteiger partial charge in [0.25, 0.3) is 26.0 Å². The summed E-state index contributed by atoms with van der Waals surface area (Å²) in [6.07, 6.45) is 12.3. The molecule has 0 radical (unpaired) electrons. The predicted octanol–water partition coefficient (Wildman–Crippen LogP) is 8.98. The van der Waals surface area contributed by atoms with Crippen LogP contribution in [0.15, 0.2) is 97.6 Å². The standard InChI is InChI=1S/C51H68ClN9O13S4/c1-5-8-10-12-14-16-18-36-19-26-43(73-30-17-15-13-11-9-6-2)46(32-36)77(66,67)60-42-34-47(44(35-45(42)78(68,69)70)74-39-23-21-38(71-4)22-24-39)76(64,65)55-28-27-48-57-50-49(51(72-7-3)59-61(50)58-48)56-41-25-20-37(33-40(41)52)54-29-31-75(53,62)63/h19-26,32-35,54-55,60H,5-18,27-31H2,1-4H3,(H2,53,62,63)(H,68,69,70). The number of nitrogens with zero attached hydrogens (tertiary/aromatic N) is 5. The number of rotatable bonds is 33. The van der Waals surface area contributed by atoms with Crippen molar-refractivity contribution in [2.75, 3.05) is 49.2 Å². The van der Waals surface area contributed by atoms with Gasteiger partial charge in [-0.2, -0.15) is 8.42 Å². The SMILES string of the molecule is CCCCCCCCOc1ccc(CCCCCCCC)cc1S(=O)(=O)Nc1cc(S(=O)(=O)NCCc2nc3n(n2)N=C(OCC)C3=Nc2ccc(NCCS(N)(=O)=O)cc2Cl)c(Oc2ccc(OC)cc2)cc1S(=O)(=O)O. The molecule has 5 aromatic rings. The Bertz CT molecular complexity index is 3380. The molecule has 27 heteroatoms. The molecule has 2 heterocycles. The van der Waals surface area contributed by atoms with E-state index < -0.39 is 61.4 Å². The highest BCUT2D eigenvalue weighted by Gasteiger charge is 2.32. The zero-order chi connectivity index (χ0) is 56.5. The first-order valence-electron chi connectivity index (χ1n) is 25.7. The topological polar surface area (TPSA) is 311 Å². The number of aliphatic imine (C=N–C) groups is 1. The van der Waals surface area contributed by atoms with E-state index in [0.29, 0.717) is 29.8 Å². The molecule has 1 aliphatic heterocycles. The Morgan fingerprint density at radius 1 is 0.705 bits per heavy atom. The lowest BCUT2D eigenvalue weighted by atomic mass is 10.0. The first-order valence-corrected chi connectivity index (χ1v) is 32.2. The molecule has 426 valence electrons. The minimum absolute atomic E-state index is 0.00887. The van der Waals surface area contributed by atoms with Crippen molar-refractivity contribution in [1.29, 1.82) is 0 Å². The second-order valence-electron chi connectivity index (χ2n) is 18.2. The van der Waals surface area contributed by atoms with Crippen LogP contribution in [-0.4, -0.2) is 104 Å². The molecular weight excluding hydrogens is 1110 g/mol. The van der Waals surface area contributed by atoms with Gasteiger partial charge in [0.1, 0.15) is 37.7 Å². The van der Waals surface area contributed by atoms with E-state index in [-0.39, 0.29) is 88.8 Å². The van der Waals surface area contributed by atoms with E-state index in [4.69, 9.17) is 35.7 Å². The van der Waals surface area contributed by atoms with Crippen LogP contribution < -0.4 is 34.1 Å². The largest absolute Gasteiger partial charge is 0.497 e. The van der Waals surface area contributed by atoms with Gasteiger partial charge in [-0.25, -0.2) is 45.1 Å². The third-order valence-electron chi connectivity index (χ3n) is 12.1. The van der Waals surface area contributed by atoms with Crippen molar-refractivity contribution in [2.24, 2.45) is 15.2 Å². The van der Waals surface area contributed by atoms with Crippen LogP contribution in [0.2, 0.25) is 5.02 Å². The summed E-state index contributed by atoms with van der Waals surface area (Å²) in [5.74, 6) is -0.0951. The number of anilines is 2. The van der Waals surface area contributed by atoms with Gasteiger partial charge < -0.3 is 24.3 Å². The number of nitrogens with two attached hydrogens (primary N) is 1. The van der Waals surface area contributed by atoms with Gasteiger partial charge in [0.05, 0.1) is 42.5 Å². The summed E-state index contributed by atoms with van der Waals surface area (Å²) in [4.78, 5) is 8.33. The number of halogens is 1. The van der Waals surface area contributed by atoms with Crippen LogP contribution in [0.3, 0.4) is 0 Å². The van der Waals surface area contributed by atoms with Crippen molar-refractivity contribution in [3.05, 3.63) is 95.0 Å². The summed E-state index contributed by atoms with van der Waals surface area (Å²) >= 11 is 6.57. The minimum Gasteiger partial charge on any atom is -0.497 e. The molecule has 1 aliphatic rings. The summed E-state index contributed by atoms with van der Waals surface area (Å²) in [6.45, 7) is 6.09. The molecule has 0 aliphatic carbocycles. The molecule has 0 amide bonds. The number of primary sulfonamides is 1. The number of unbranched alkanes of at least 4 members (excludes halogenated alkanes) is 10. The fourth-order valence-corrected chi connectivity index (χ4v) is 11.8. The van der Waals surface area contributed by atoms with Crippen LogP contribution in [0.5, 0.6) is 23.0 Å². The lowest BCUT2D eigenvalue weighted by Gasteiger charge is -2.19. The van der Waals surface area contributed by atoms with E-state index in [1.807, 2.05) is 0 Å². The molecule has 0 saturated carbocycles. The highest BCUT2D eigenvalue weighted by molar-refractivity contribution is 7.93. The van der Waals surface area contributed by atoms with Gasteiger partial charge in [0.15, 0.2) is 11.5 Å². The average molecular weight is 1180 g/mol. The Morgan fingerprint density at radius 2 is 1.37 bits per heavy atom. The van der Waals surface area contributed by atoms with E-state index in [0.717, 1.165) is 87.6 Å². The molecule has 6 N–H and O–H groups in total. The van der Waals surface area contributed by atoms with Gasteiger partial charge in [0.2, 0.25) is 25.9 Å². The van der Waals surface area contributed by atoms with Crippen molar-refractivity contribution in [3.63, 3.8) is 0 Å². The quantitative estimate of drug-likeness (QED) is 0.0193. The maximum absolute atomic E-state index is 14.6. The summed E-state index contributed by atoms with van der Waals surface area (Å²) in [6, 6.07) is 16.9. The van der Waals surface area contributed by atoms with Crippen molar-refractivity contribution in [3.8, 4) is 23.0 Å². The van der Waals surface area contributed by atoms with E-state index in [1.165, 1.54) is 37.4 Å². The highest BCUT2D eigenvalue weighted by atomic mass is 35.5. The first kappa shape index (κ1) is 61.3. The van der Waals surface area contributed by atoms with Gasteiger partial charge >= 0.3 is 0 Å². The lowest BCUT2D eigenvalue weighted by Crippen LogP contribution is -2.27. The van der Waals surface area contributed by atoms with E-state index in [1.54, 1.807) is 37.3 Å². The molecular formula is C51H68ClN9O13S4. The maximum atomic E-state index is 14.6. The van der Waals surface area contributed by atoms with Crippen LogP contribution in [0.1, 0.15) is 115 Å². The highest BCUT2D eigenvalue weighted by Crippen LogP contribution is 2.39. The molecule has 0 atom stereocenters. The number of ether oxygens (including phenoxy) is 4. The number of hydrogen-bond donors (Lipinski definition) is 5. The molecule has 0 fully saturated rings. The van der Waals surface area contributed by atoms with Crippen molar-refractivity contribution >= 4 is 80.5 Å². The molecule has 0 unspecified atom stereocenters. The monoisotopic (exact) mass is 1180 g/mol. The van der Waals surface area contributed by atoms with E-state index in [2.05, 4.69) is 48.8 Å². The minimum atomic E-state index is -5.29. The summed E-state index contributed by atoms with van der Waals surface area (Å²) in [5, 5.41) is 17.0. The number of aromatic nitrogens is 3. The zero-order valence-corrected chi connectivity index (χ0v) is 48.1. The molecule has 22 nitrogen and oxygen atoms in total. The third-order valence-corrected chi connectivity index (χ3v) is 16.9. The number of nitrogens with one attached hydrogen (secondary N) is 3. The molecule has 78 heavy (non-hydrogen) atoms. The molecule has 6 rings (SSSR count). The molecule has 0 saturated heterocycles. The van der Waals surface area contributed by atoms with Gasteiger partial charge in [0, 0.05) is 31.3 Å². The third kappa shape index (κ3) is 17.8. The molecule has 0 spiro atoms. The number of benzene rings is 4. The van der Waals surface area contributed by atoms with Crippen molar-refractivity contribution in [2.45, 2.75) is 125 Å². The fraction of sp³-hybridized carbons (Fsp3) is 0.451. The smallest absolute Gasteiger partial charge is 0.296 e. The Kier molecular flexibility index (Phi) is 22.3. The second kappa shape index (κ2) is 28.3. The molecule has 1 aromatic heterocycles. The number of fused-ring (bicyclic) bond motifs is 1. The Balaban J connectivity index is 1.30. The average Bonchev–Trinajstić information content (AvgIpc) is 4.06. The summed E-state index contributed by atoms with van der Waals surface area (Å²) < 4.78 is 146. The van der Waals surface area contributed by atoms with Crippen molar-refractivity contribution in [1.82, 2.24) is 19.6 Å². The normalized spacial score (nSPS) is 13.3. The number of aryl methyl sites for hydroxylation is 1. The van der Waals surface area contributed by atoms with Gasteiger partial charge in [-0.1, -0.05) is 95.7 Å². The summed E-state index contributed by atoms with van der Waals surface area (Å²) in [5.41, 5.74) is 0.846. The number of methoxy groups -OCH3 is 1. The molecule has 0 bridgehead atoms. The van der Waals surface area contributed by atoms with Crippen LogP contribution in [0, 0.1) is 0 Å². The van der Waals surface area contributed by atoms with E-state index >= 15 is 0 Å². The van der Waals surface area contributed by atoms with Crippen LogP contribution in [0.4, 0.5) is 17.1 Å². The van der Waals surface area contributed by atoms with Gasteiger partial charge in [-0.05, 0) is 92.4 Å². The Labute approximate surface area is 462 Å². The lowest BCUT2D eigenvalue weighted by molar-refractivity contribution is 0.297.